The van der Waals surface area contributed by atoms with Gasteiger partial charge in [-0.2, -0.15) is 0 Å². The van der Waals surface area contributed by atoms with E-state index in [9.17, 15) is 4.79 Å². The summed E-state index contributed by atoms with van der Waals surface area (Å²) in [6, 6.07) is 0.886. The quantitative estimate of drug-likeness (QED) is 0.584. The third-order valence-electron chi connectivity index (χ3n) is 5.45. The van der Waals surface area contributed by atoms with E-state index in [1.165, 1.54) is 25.9 Å². The number of piperidine rings is 2. The molecule has 2 aliphatic rings. The van der Waals surface area contributed by atoms with Crippen LogP contribution < -0.4 is 10.6 Å². The van der Waals surface area contributed by atoms with E-state index in [4.69, 9.17) is 4.99 Å². The SMILES string of the molecule is CCNC(=NCC(C)N1CCCC(C)C1)NC1CCN(C(C)=O)CC1. The minimum atomic E-state index is 0.184. The number of aliphatic imine (C=N–C) groups is 1. The zero-order valence-corrected chi connectivity index (χ0v) is 16.6. The highest BCUT2D eigenvalue weighted by atomic mass is 16.2. The summed E-state index contributed by atoms with van der Waals surface area (Å²) in [4.78, 5) is 20.8. The molecule has 2 N–H and O–H groups in total. The number of amides is 1. The van der Waals surface area contributed by atoms with E-state index in [1.807, 2.05) is 4.90 Å². The molecule has 2 atom stereocenters. The molecule has 0 aromatic carbocycles. The first-order valence-corrected chi connectivity index (χ1v) is 10.0. The summed E-state index contributed by atoms with van der Waals surface area (Å²) in [5, 5.41) is 6.94. The van der Waals surface area contributed by atoms with Gasteiger partial charge < -0.3 is 15.5 Å². The van der Waals surface area contributed by atoms with Crippen LogP contribution in [0.5, 0.6) is 0 Å². The molecule has 2 heterocycles. The molecule has 6 heteroatoms. The summed E-state index contributed by atoms with van der Waals surface area (Å²) >= 11 is 0. The highest BCUT2D eigenvalue weighted by Crippen LogP contribution is 2.17. The van der Waals surface area contributed by atoms with Crippen molar-refractivity contribution in [1.29, 1.82) is 0 Å². The third kappa shape index (κ3) is 6.49. The molecule has 2 aliphatic heterocycles. The second-order valence-corrected chi connectivity index (χ2v) is 7.74. The molecular formula is C19H37N5O. The van der Waals surface area contributed by atoms with Crippen molar-refractivity contribution in [2.45, 2.75) is 65.5 Å². The van der Waals surface area contributed by atoms with Gasteiger partial charge in [-0.25, -0.2) is 0 Å². The predicted molar refractivity (Wildman–Crippen MR) is 104 cm³/mol. The van der Waals surface area contributed by atoms with Gasteiger partial charge in [0.15, 0.2) is 5.96 Å². The highest BCUT2D eigenvalue weighted by molar-refractivity contribution is 5.80. The number of hydrogen-bond donors (Lipinski definition) is 2. The maximum atomic E-state index is 11.4. The molecule has 2 fully saturated rings. The average Bonchev–Trinajstić information content (AvgIpc) is 2.60. The van der Waals surface area contributed by atoms with Crippen LogP contribution in [-0.2, 0) is 4.79 Å². The van der Waals surface area contributed by atoms with Gasteiger partial charge in [-0.05, 0) is 52.0 Å². The second-order valence-electron chi connectivity index (χ2n) is 7.74. The smallest absolute Gasteiger partial charge is 0.219 e. The first-order valence-electron chi connectivity index (χ1n) is 10.0. The van der Waals surface area contributed by atoms with Crippen molar-refractivity contribution in [2.24, 2.45) is 10.9 Å². The number of guanidine groups is 1. The fourth-order valence-electron chi connectivity index (χ4n) is 3.82. The molecule has 25 heavy (non-hydrogen) atoms. The molecule has 6 nitrogen and oxygen atoms in total. The van der Waals surface area contributed by atoms with Crippen LogP contribution in [-0.4, -0.2) is 73.0 Å². The highest BCUT2D eigenvalue weighted by Gasteiger charge is 2.22. The van der Waals surface area contributed by atoms with E-state index in [1.54, 1.807) is 6.92 Å². The standard InChI is InChI=1S/C19H37N5O/c1-5-20-19(22-18-8-11-23(12-9-18)17(4)25)21-13-16(3)24-10-6-7-15(2)14-24/h15-16,18H,5-14H2,1-4H3,(H2,20,21,22). The summed E-state index contributed by atoms with van der Waals surface area (Å²) < 4.78 is 0. The van der Waals surface area contributed by atoms with Crippen molar-refractivity contribution in [3.63, 3.8) is 0 Å². The van der Waals surface area contributed by atoms with Crippen molar-refractivity contribution in [3.05, 3.63) is 0 Å². The van der Waals surface area contributed by atoms with Crippen LogP contribution in [0.4, 0.5) is 0 Å². The Hall–Kier alpha value is -1.30. The first kappa shape index (κ1) is 20.0. The van der Waals surface area contributed by atoms with Gasteiger partial charge in [0.1, 0.15) is 0 Å². The number of nitrogens with zero attached hydrogens (tertiary/aromatic N) is 3. The maximum absolute atomic E-state index is 11.4. The zero-order valence-electron chi connectivity index (χ0n) is 16.6. The van der Waals surface area contributed by atoms with Crippen molar-refractivity contribution in [3.8, 4) is 0 Å². The molecule has 0 radical (unpaired) electrons. The predicted octanol–water partition coefficient (Wildman–Crippen LogP) is 1.67. The van der Waals surface area contributed by atoms with Crippen LogP contribution >= 0.6 is 0 Å². The Morgan fingerprint density at radius 2 is 1.96 bits per heavy atom. The number of carbonyl (C=O) groups excluding carboxylic acids is 1. The minimum Gasteiger partial charge on any atom is -0.357 e. The maximum Gasteiger partial charge on any atom is 0.219 e. The van der Waals surface area contributed by atoms with Crippen LogP contribution in [0.1, 0.15) is 53.4 Å². The van der Waals surface area contributed by atoms with Crippen LogP contribution in [0.25, 0.3) is 0 Å². The van der Waals surface area contributed by atoms with Crippen molar-refractivity contribution in [2.75, 3.05) is 39.3 Å². The van der Waals surface area contributed by atoms with E-state index in [0.717, 1.165) is 50.9 Å². The third-order valence-corrected chi connectivity index (χ3v) is 5.45. The summed E-state index contributed by atoms with van der Waals surface area (Å²) in [6.45, 7) is 14.2. The molecule has 2 saturated heterocycles. The van der Waals surface area contributed by atoms with Gasteiger partial charge in [-0.15, -0.1) is 0 Å². The topological polar surface area (TPSA) is 60.0 Å². The minimum absolute atomic E-state index is 0.184. The lowest BCUT2D eigenvalue weighted by Gasteiger charge is -2.35. The summed E-state index contributed by atoms with van der Waals surface area (Å²) in [5.41, 5.74) is 0. The van der Waals surface area contributed by atoms with Gasteiger partial charge in [0.2, 0.25) is 5.91 Å². The van der Waals surface area contributed by atoms with Gasteiger partial charge in [0.25, 0.3) is 0 Å². The largest absolute Gasteiger partial charge is 0.357 e. The van der Waals surface area contributed by atoms with Crippen molar-refractivity contribution < 1.29 is 4.79 Å². The number of rotatable bonds is 5. The molecule has 0 bridgehead atoms. The molecule has 1 amide bonds. The molecular weight excluding hydrogens is 314 g/mol. The van der Waals surface area contributed by atoms with Gasteiger partial charge >= 0.3 is 0 Å². The van der Waals surface area contributed by atoms with Crippen LogP contribution in [0, 0.1) is 5.92 Å². The van der Waals surface area contributed by atoms with E-state index >= 15 is 0 Å². The van der Waals surface area contributed by atoms with E-state index in [2.05, 4.69) is 36.3 Å². The molecule has 2 rings (SSSR count). The second kappa shape index (κ2) is 10.00. The lowest BCUT2D eigenvalue weighted by molar-refractivity contribution is -0.129. The van der Waals surface area contributed by atoms with E-state index in [0.29, 0.717) is 12.1 Å². The normalized spacial score (nSPS) is 24.9. The van der Waals surface area contributed by atoms with E-state index in [-0.39, 0.29) is 5.91 Å². The average molecular weight is 352 g/mol. The zero-order chi connectivity index (χ0) is 18.2. The molecule has 0 spiro atoms. The fourth-order valence-corrected chi connectivity index (χ4v) is 3.82. The Kier molecular flexibility index (Phi) is 8.00. The molecule has 0 aliphatic carbocycles. The lowest BCUT2D eigenvalue weighted by Crippen LogP contribution is -2.50. The van der Waals surface area contributed by atoms with E-state index < -0.39 is 0 Å². The number of likely N-dealkylation sites (tertiary alicyclic amines) is 2. The van der Waals surface area contributed by atoms with Gasteiger partial charge in [-0.3, -0.25) is 14.7 Å². The van der Waals surface area contributed by atoms with Crippen molar-refractivity contribution in [1.82, 2.24) is 20.4 Å². The first-order chi connectivity index (χ1) is 12.0. The fraction of sp³-hybridized carbons (Fsp3) is 0.895. The van der Waals surface area contributed by atoms with Crippen molar-refractivity contribution >= 4 is 11.9 Å². The lowest BCUT2D eigenvalue weighted by atomic mass is 9.99. The monoisotopic (exact) mass is 351 g/mol. The Labute approximate surface area is 153 Å². The molecule has 144 valence electrons. The number of hydrogen-bond acceptors (Lipinski definition) is 3. The van der Waals surface area contributed by atoms with Crippen LogP contribution in [0.2, 0.25) is 0 Å². The summed E-state index contributed by atoms with van der Waals surface area (Å²) in [7, 11) is 0. The van der Waals surface area contributed by atoms with Gasteiger partial charge in [0, 0.05) is 45.2 Å². The molecule has 0 saturated carbocycles. The Morgan fingerprint density at radius 1 is 1.24 bits per heavy atom. The Bertz CT molecular complexity index is 445. The summed E-state index contributed by atoms with van der Waals surface area (Å²) in [6.07, 6.45) is 4.64. The van der Waals surface area contributed by atoms with Crippen LogP contribution in [0.15, 0.2) is 4.99 Å². The Morgan fingerprint density at radius 3 is 2.56 bits per heavy atom. The number of carbonyl (C=O) groups is 1. The van der Waals surface area contributed by atoms with Gasteiger partial charge in [0.05, 0.1) is 6.54 Å². The molecule has 0 aromatic rings. The summed E-state index contributed by atoms with van der Waals surface area (Å²) in [5.74, 6) is 1.90. The van der Waals surface area contributed by atoms with Crippen LogP contribution in [0.3, 0.4) is 0 Å². The molecule has 2 unspecified atom stereocenters. The van der Waals surface area contributed by atoms with Gasteiger partial charge in [-0.1, -0.05) is 6.92 Å². The number of nitrogens with one attached hydrogen (secondary N) is 2. The Balaban J connectivity index is 1.82. The molecule has 0 aromatic heterocycles.